The molecule has 2 atom stereocenters. The van der Waals surface area contributed by atoms with E-state index in [0.29, 0.717) is 41.5 Å². The quantitative estimate of drug-likeness (QED) is 0.509. The number of hydrogen-bond acceptors (Lipinski definition) is 6. The normalized spacial score (nSPS) is 17.6. The van der Waals surface area contributed by atoms with Gasteiger partial charge in [-0.05, 0) is 30.5 Å². The Morgan fingerprint density at radius 2 is 2.03 bits per heavy atom. The molecule has 1 aliphatic heterocycles. The molecule has 3 aromatic rings. The Bertz CT molecular complexity index is 1420. The van der Waals surface area contributed by atoms with Crippen LogP contribution in [0.5, 0.6) is 0 Å². The second-order valence-corrected chi connectivity index (χ2v) is 10.4. The zero-order valence-corrected chi connectivity index (χ0v) is 19.5. The summed E-state index contributed by atoms with van der Waals surface area (Å²) in [5, 5.41) is 14.7. The molecule has 1 amide bonds. The molecular formula is C23H22ClFN2O6S. The predicted molar refractivity (Wildman–Crippen MR) is 125 cm³/mol. The molecule has 4 rings (SSSR count). The summed E-state index contributed by atoms with van der Waals surface area (Å²) in [7, 11) is -3.80. The van der Waals surface area contributed by atoms with Crippen LogP contribution in [0.25, 0.3) is 22.1 Å². The molecule has 1 aliphatic rings. The maximum Gasteiger partial charge on any atom is 0.336 e. The molecule has 180 valence electrons. The van der Waals surface area contributed by atoms with Crippen LogP contribution in [0.2, 0.25) is 5.02 Å². The first-order valence-electron chi connectivity index (χ1n) is 10.5. The Balaban J connectivity index is 1.72. The smallest absolute Gasteiger partial charge is 0.336 e. The van der Waals surface area contributed by atoms with Gasteiger partial charge in [-0.1, -0.05) is 35.9 Å². The van der Waals surface area contributed by atoms with Gasteiger partial charge >= 0.3 is 5.63 Å². The van der Waals surface area contributed by atoms with E-state index in [0.717, 1.165) is 0 Å². The number of sulfonamides is 1. The molecule has 1 fully saturated rings. The van der Waals surface area contributed by atoms with Gasteiger partial charge in [0.15, 0.2) is 0 Å². The van der Waals surface area contributed by atoms with Crippen molar-refractivity contribution in [1.29, 1.82) is 0 Å². The molecule has 2 aromatic carbocycles. The second-order valence-electron chi connectivity index (χ2n) is 8.21. The molecule has 1 saturated heterocycles. The third kappa shape index (κ3) is 4.72. The molecule has 0 spiro atoms. The third-order valence-electron chi connectivity index (χ3n) is 6.05. The summed E-state index contributed by atoms with van der Waals surface area (Å²) < 4.78 is 42.8. The summed E-state index contributed by atoms with van der Waals surface area (Å²) in [4.78, 5) is 26.8. The van der Waals surface area contributed by atoms with Crippen LogP contribution in [0.1, 0.15) is 24.3 Å². The first kappa shape index (κ1) is 24.3. The van der Waals surface area contributed by atoms with Crippen molar-refractivity contribution in [3.8, 4) is 11.1 Å². The highest BCUT2D eigenvalue weighted by Gasteiger charge is 2.34. The highest BCUT2D eigenvalue weighted by atomic mass is 35.5. The molecule has 2 unspecified atom stereocenters. The van der Waals surface area contributed by atoms with Gasteiger partial charge in [0.05, 0.1) is 22.8 Å². The molecule has 8 nitrogen and oxygen atoms in total. The van der Waals surface area contributed by atoms with Gasteiger partial charge in [-0.15, -0.1) is 0 Å². The lowest BCUT2D eigenvalue weighted by Crippen LogP contribution is -2.48. The number of likely N-dealkylation sites (tertiary alicyclic amines) is 1. The fourth-order valence-corrected chi connectivity index (χ4v) is 5.39. The number of carbonyl (C=O) groups is 1. The van der Waals surface area contributed by atoms with Crippen LogP contribution in [-0.4, -0.2) is 49.3 Å². The molecule has 1 aromatic heterocycles. The number of nitrogens with two attached hydrogens (primary N) is 1. The largest absolute Gasteiger partial charge is 0.423 e. The lowest BCUT2D eigenvalue weighted by molar-refractivity contribution is -0.134. The Morgan fingerprint density at radius 3 is 2.74 bits per heavy atom. The van der Waals surface area contributed by atoms with Gasteiger partial charge in [-0.25, -0.2) is 22.7 Å². The number of aliphatic hydroxyl groups is 1. The minimum Gasteiger partial charge on any atom is -0.423 e. The lowest BCUT2D eigenvalue weighted by atomic mass is 9.94. The number of aliphatic hydroxyl groups excluding tert-OH is 1. The number of hydrogen-bond donors (Lipinski definition) is 2. The van der Waals surface area contributed by atoms with E-state index < -0.39 is 45.1 Å². The number of nitrogens with zero attached hydrogens (tertiary/aromatic N) is 1. The first-order chi connectivity index (χ1) is 16.1. The van der Waals surface area contributed by atoms with Crippen molar-refractivity contribution in [2.75, 3.05) is 19.7 Å². The monoisotopic (exact) mass is 508 g/mol. The van der Waals surface area contributed by atoms with Gasteiger partial charge < -0.3 is 14.4 Å². The fourth-order valence-electron chi connectivity index (χ4n) is 4.28. The van der Waals surface area contributed by atoms with Gasteiger partial charge in [0.25, 0.3) is 0 Å². The Labute approximate surface area is 199 Å². The van der Waals surface area contributed by atoms with E-state index in [4.69, 9.17) is 21.2 Å². The Morgan fingerprint density at radius 1 is 1.26 bits per heavy atom. The lowest BCUT2D eigenvalue weighted by Gasteiger charge is -2.33. The van der Waals surface area contributed by atoms with Crippen LogP contribution in [0, 0.1) is 5.82 Å². The van der Waals surface area contributed by atoms with Crippen molar-refractivity contribution in [2.45, 2.75) is 24.0 Å². The van der Waals surface area contributed by atoms with Crippen molar-refractivity contribution in [3.63, 3.8) is 0 Å². The number of rotatable bonds is 5. The summed E-state index contributed by atoms with van der Waals surface area (Å²) >= 11 is 6.11. The second kappa shape index (κ2) is 9.46. The van der Waals surface area contributed by atoms with Crippen LogP contribution in [0.15, 0.2) is 51.7 Å². The first-order valence-corrected chi connectivity index (χ1v) is 12.5. The molecule has 34 heavy (non-hydrogen) atoms. The minimum atomic E-state index is -3.80. The molecule has 0 bridgehead atoms. The van der Waals surface area contributed by atoms with E-state index in [1.165, 1.54) is 29.2 Å². The van der Waals surface area contributed by atoms with Crippen molar-refractivity contribution in [1.82, 2.24) is 4.90 Å². The third-order valence-corrected chi connectivity index (χ3v) is 7.75. The standard InChI is InChI=1S/C23H22ClFN2O6S/c24-22-16(4-1-5-19(22)25)17-10-21(29)33-20-9-13(6-7-15(17)20)18(12-28)23(30)27-8-2-3-14(11-27)34(26,31)32/h1,4-7,9-10,14,18,28H,2-3,8,11-12H2,(H2,26,31,32). The number of benzene rings is 2. The Hall–Kier alpha value is -2.79. The fraction of sp³-hybridized carbons (Fsp3) is 0.304. The number of carbonyl (C=O) groups excluding carboxylic acids is 1. The van der Waals surface area contributed by atoms with Gasteiger partial charge in [0, 0.05) is 35.7 Å². The van der Waals surface area contributed by atoms with Crippen molar-refractivity contribution >= 4 is 38.5 Å². The molecule has 2 heterocycles. The van der Waals surface area contributed by atoms with E-state index in [1.54, 1.807) is 18.2 Å². The van der Waals surface area contributed by atoms with Crippen LogP contribution in [0.3, 0.4) is 0 Å². The summed E-state index contributed by atoms with van der Waals surface area (Å²) in [5.74, 6) is -2.10. The van der Waals surface area contributed by atoms with Crippen LogP contribution in [0.4, 0.5) is 4.39 Å². The van der Waals surface area contributed by atoms with Crippen molar-refractivity contribution < 1.29 is 27.1 Å². The van der Waals surface area contributed by atoms with Crippen LogP contribution in [-0.2, 0) is 14.8 Å². The molecular weight excluding hydrogens is 487 g/mol. The van der Waals surface area contributed by atoms with Crippen molar-refractivity contribution in [2.24, 2.45) is 5.14 Å². The molecule has 0 aliphatic carbocycles. The summed E-state index contributed by atoms with van der Waals surface area (Å²) in [6.07, 6.45) is 0.828. The zero-order chi connectivity index (χ0) is 24.6. The van der Waals surface area contributed by atoms with E-state index in [9.17, 15) is 27.5 Å². The number of fused-ring (bicyclic) bond motifs is 1. The highest BCUT2D eigenvalue weighted by Crippen LogP contribution is 2.35. The Kier molecular flexibility index (Phi) is 6.77. The maximum atomic E-state index is 14.0. The average molecular weight is 509 g/mol. The predicted octanol–water partition coefficient (Wildman–Crippen LogP) is 2.61. The molecule has 3 N–H and O–H groups in total. The summed E-state index contributed by atoms with van der Waals surface area (Å²) in [6.45, 7) is -0.258. The topological polar surface area (TPSA) is 131 Å². The maximum absolute atomic E-state index is 14.0. The van der Waals surface area contributed by atoms with E-state index >= 15 is 0 Å². The number of halogens is 2. The molecule has 11 heteroatoms. The van der Waals surface area contributed by atoms with Gasteiger partial charge in [0.2, 0.25) is 15.9 Å². The number of piperidine rings is 1. The van der Waals surface area contributed by atoms with E-state index in [1.807, 2.05) is 0 Å². The minimum absolute atomic E-state index is 0.0565. The molecule has 0 radical (unpaired) electrons. The van der Waals surface area contributed by atoms with Gasteiger partial charge in [-0.3, -0.25) is 4.79 Å². The average Bonchev–Trinajstić information content (AvgIpc) is 2.80. The number of amides is 1. The highest BCUT2D eigenvalue weighted by molar-refractivity contribution is 7.89. The summed E-state index contributed by atoms with van der Waals surface area (Å²) in [6, 6.07) is 10.1. The van der Waals surface area contributed by atoms with Crippen LogP contribution >= 0.6 is 11.6 Å². The van der Waals surface area contributed by atoms with Crippen molar-refractivity contribution in [3.05, 3.63) is 69.3 Å². The van der Waals surface area contributed by atoms with Gasteiger partial charge in [0.1, 0.15) is 11.4 Å². The zero-order valence-electron chi connectivity index (χ0n) is 17.9. The summed E-state index contributed by atoms with van der Waals surface area (Å²) in [5.41, 5.74) is 0.487. The van der Waals surface area contributed by atoms with E-state index in [2.05, 4.69) is 0 Å². The molecule has 0 saturated carbocycles. The van der Waals surface area contributed by atoms with E-state index in [-0.39, 0.29) is 17.2 Å². The number of primary sulfonamides is 1. The van der Waals surface area contributed by atoms with Crippen LogP contribution < -0.4 is 10.8 Å². The SMILES string of the molecule is NS(=O)(=O)C1CCCN(C(=O)C(CO)c2ccc3c(-c4cccc(F)c4Cl)cc(=O)oc3c2)C1. The van der Waals surface area contributed by atoms with Gasteiger partial charge in [-0.2, -0.15) is 0 Å².